The van der Waals surface area contributed by atoms with Crippen LogP contribution in [0.15, 0.2) is 4.99 Å². The van der Waals surface area contributed by atoms with Gasteiger partial charge >= 0.3 is 0 Å². The number of aliphatic imine (C=N–C) groups is 1. The lowest BCUT2D eigenvalue weighted by molar-refractivity contribution is 0.841. The molecule has 0 N–H and O–H groups in total. The first kappa shape index (κ1) is 13.9. The number of hydrogen-bond donors (Lipinski definition) is 0. The first-order valence-corrected chi connectivity index (χ1v) is 8.78. The third-order valence-electron chi connectivity index (χ3n) is 2.68. The number of unbranched alkanes of at least 4 members (excludes halogenated alkanes) is 2. The molecular weight excluding hydrogens is 186 g/mol. The molecule has 1 nitrogen and oxygen atoms in total. The van der Waals surface area contributed by atoms with Gasteiger partial charge in [0.05, 0.1) is 0 Å². The zero-order chi connectivity index (χ0) is 10.6. The summed E-state index contributed by atoms with van der Waals surface area (Å²) in [5, 5.41) is 0. The second-order valence-electron chi connectivity index (χ2n) is 4.07. The molecule has 0 aliphatic heterocycles. The van der Waals surface area contributed by atoms with Crippen molar-refractivity contribution in [1.29, 1.82) is 0 Å². The molecule has 0 saturated carbocycles. The Bertz CT molecular complexity index is 126. The first-order chi connectivity index (χ1) is 6.85. The molecule has 0 aromatic heterocycles. The number of hydrogen-bond acceptors (Lipinski definition) is 1. The highest BCUT2D eigenvalue weighted by Gasteiger charge is 2.07. The Hall–Kier alpha value is -0.113. The Balaban J connectivity index is 3.65. The standard InChI is InChI=1S/C12H27NSi/c1-4-7-10-14(11-8-5-2)12-9-13-6-3/h9,14H,4-8,10-12H2,1-3H3. The molecule has 0 rings (SSSR count). The van der Waals surface area contributed by atoms with Gasteiger partial charge in [0, 0.05) is 15.3 Å². The number of nitrogens with zero attached hydrogens (tertiary/aromatic N) is 1. The van der Waals surface area contributed by atoms with E-state index in [1.165, 1.54) is 43.8 Å². The molecule has 0 radical (unpaired) electrons. The van der Waals surface area contributed by atoms with Gasteiger partial charge in [-0.05, 0) is 19.2 Å². The summed E-state index contributed by atoms with van der Waals surface area (Å²) in [6, 6.07) is 4.41. The Kier molecular flexibility index (Phi) is 10.9. The molecule has 0 unspecified atom stereocenters. The summed E-state index contributed by atoms with van der Waals surface area (Å²) < 4.78 is 0. The summed E-state index contributed by atoms with van der Waals surface area (Å²) in [6.45, 7) is 7.67. The van der Waals surface area contributed by atoms with Crippen molar-refractivity contribution in [2.75, 3.05) is 6.54 Å². The quantitative estimate of drug-likeness (QED) is 0.407. The second kappa shape index (κ2) is 11.0. The minimum Gasteiger partial charge on any atom is -0.298 e. The van der Waals surface area contributed by atoms with Gasteiger partial charge in [-0.3, -0.25) is 4.99 Å². The smallest absolute Gasteiger partial charge is 0.0425 e. The van der Waals surface area contributed by atoms with Crippen LogP contribution in [0.3, 0.4) is 0 Å². The summed E-state index contributed by atoms with van der Waals surface area (Å²) in [5.74, 6) is 0. The van der Waals surface area contributed by atoms with E-state index in [0.717, 1.165) is 6.54 Å². The zero-order valence-electron chi connectivity index (χ0n) is 10.3. The molecule has 0 aromatic carbocycles. The molecule has 84 valence electrons. The molecule has 0 heterocycles. The summed E-state index contributed by atoms with van der Waals surface area (Å²) >= 11 is 0. The van der Waals surface area contributed by atoms with E-state index < -0.39 is 8.80 Å². The van der Waals surface area contributed by atoms with E-state index in [9.17, 15) is 0 Å². The summed E-state index contributed by atoms with van der Waals surface area (Å²) in [5.41, 5.74) is 0. The van der Waals surface area contributed by atoms with Crippen LogP contribution in [-0.4, -0.2) is 21.6 Å². The Morgan fingerprint density at radius 1 is 1.00 bits per heavy atom. The molecule has 0 amide bonds. The normalized spacial score (nSPS) is 11.7. The average molecular weight is 213 g/mol. The molecule has 0 fully saturated rings. The van der Waals surface area contributed by atoms with E-state index in [4.69, 9.17) is 0 Å². The lowest BCUT2D eigenvalue weighted by Crippen LogP contribution is -2.12. The van der Waals surface area contributed by atoms with Gasteiger partial charge < -0.3 is 0 Å². The van der Waals surface area contributed by atoms with Crippen molar-refractivity contribution in [1.82, 2.24) is 0 Å². The second-order valence-corrected chi connectivity index (χ2v) is 7.43. The highest BCUT2D eigenvalue weighted by Crippen LogP contribution is 2.12. The molecule has 0 bridgehead atoms. The SMILES string of the molecule is CCCC[SiH](CC=NCC)CCCC. The Morgan fingerprint density at radius 3 is 2.00 bits per heavy atom. The van der Waals surface area contributed by atoms with Gasteiger partial charge in [0.2, 0.25) is 0 Å². The van der Waals surface area contributed by atoms with Gasteiger partial charge in [-0.2, -0.15) is 0 Å². The Labute approximate surface area is 91.6 Å². The van der Waals surface area contributed by atoms with Crippen LogP contribution in [0.4, 0.5) is 0 Å². The van der Waals surface area contributed by atoms with Crippen LogP contribution >= 0.6 is 0 Å². The first-order valence-electron chi connectivity index (χ1n) is 6.33. The third-order valence-corrected chi connectivity index (χ3v) is 6.01. The van der Waals surface area contributed by atoms with Crippen molar-refractivity contribution in [2.45, 2.75) is 64.6 Å². The topological polar surface area (TPSA) is 12.4 Å². The van der Waals surface area contributed by atoms with Gasteiger partial charge in [-0.15, -0.1) is 0 Å². The van der Waals surface area contributed by atoms with Crippen LogP contribution in [0.25, 0.3) is 0 Å². The molecule has 0 aliphatic carbocycles. The largest absolute Gasteiger partial charge is 0.298 e. The highest BCUT2D eigenvalue weighted by molar-refractivity contribution is 6.61. The average Bonchev–Trinajstić information content (AvgIpc) is 2.21. The van der Waals surface area contributed by atoms with Crippen molar-refractivity contribution in [3.63, 3.8) is 0 Å². The molecule has 0 aliphatic rings. The molecular formula is C12H27NSi. The fourth-order valence-electron chi connectivity index (χ4n) is 1.72. The van der Waals surface area contributed by atoms with E-state index >= 15 is 0 Å². The van der Waals surface area contributed by atoms with Gasteiger partial charge in [0.25, 0.3) is 0 Å². The predicted octanol–water partition coefficient (Wildman–Crippen LogP) is 3.90. The van der Waals surface area contributed by atoms with E-state index in [-0.39, 0.29) is 0 Å². The zero-order valence-corrected chi connectivity index (χ0v) is 11.4. The lowest BCUT2D eigenvalue weighted by atomic mass is 10.4. The van der Waals surface area contributed by atoms with Crippen LogP contribution in [-0.2, 0) is 0 Å². The van der Waals surface area contributed by atoms with Gasteiger partial charge in [0.1, 0.15) is 0 Å². The number of rotatable bonds is 9. The predicted molar refractivity (Wildman–Crippen MR) is 70.4 cm³/mol. The maximum atomic E-state index is 4.34. The highest BCUT2D eigenvalue weighted by atomic mass is 28.3. The van der Waals surface area contributed by atoms with Crippen molar-refractivity contribution in [3.05, 3.63) is 0 Å². The van der Waals surface area contributed by atoms with Crippen LogP contribution in [0, 0.1) is 0 Å². The molecule has 0 spiro atoms. The van der Waals surface area contributed by atoms with E-state index in [1.54, 1.807) is 0 Å². The fraction of sp³-hybridized carbons (Fsp3) is 0.917. The summed E-state index contributed by atoms with van der Waals surface area (Å²) in [4.78, 5) is 4.34. The molecule has 0 aromatic rings. The van der Waals surface area contributed by atoms with Gasteiger partial charge in [-0.1, -0.05) is 51.6 Å². The van der Waals surface area contributed by atoms with Crippen molar-refractivity contribution >= 4 is 15.0 Å². The maximum absolute atomic E-state index is 4.34. The van der Waals surface area contributed by atoms with Gasteiger partial charge in [0.15, 0.2) is 0 Å². The third kappa shape index (κ3) is 8.48. The minimum atomic E-state index is -0.450. The molecule has 2 heteroatoms. The Morgan fingerprint density at radius 2 is 1.57 bits per heavy atom. The van der Waals surface area contributed by atoms with Crippen LogP contribution in [0.2, 0.25) is 18.1 Å². The molecule has 0 saturated heterocycles. The van der Waals surface area contributed by atoms with E-state index in [1.807, 2.05) is 0 Å². The summed E-state index contributed by atoms with van der Waals surface area (Å²) in [6.07, 6.45) is 7.81. The molecule has 14 heavy (non-hydrogen) atoms. The lowest BCUT2D eigenvalue weighted by Gasteiger charge is -2.11. The minimum absolute atomic E-state index is 0.450. The van der Waals surface area contributed by atoms with E-state index in [2.05, 4.69) is 32.0 Å². The van der Waals surface area contributed by atoms with Gasteiger partial charge in [-0.25, -0.2) is 0 Å². The van der Waals surface area contributed by atoms with E-state index in [0.29, 0.717) is 0 Å². The van der Waals surface area contributed by atoms with Crippen LogP contribution < -0.4 is 0 Å². The maximum Gasteiger partial charge on any atom is 0.0425 e. The summed E-state index contributed by atoms with van der Waals surface area (Å²) in [7, 11) is -0.450. The fourth-order valence-corrected chi connectivity index (χ4v) is 4.90. The van der Waals surface area contributed by atoms with Crippen LogP contribution in [0.5, 0.6) is 0 Å². The van der Waals surface area contributed by atoms with Crippen molar-refractivity contribution in [3.8, 4) is 0 Å². The van der Waals surface area contributed by atoms with Crippen LogP contribution in [0.1, 0.15) is 46.5 Å². The molecule has 0 atom stereocenters. The monoisotopic (exact) mass is 213 g/mol. The van der Waals surface area contributed by atoms with Crippen molar-refractivity contribution in [2.24, 2.45) is 4.99 Å². The van der Waals surface area contributed by atoms with Crippen molar-refractivity contribution < 1.29 is 0 Å².